The normalized spacial score (nSPS) is 20.3. The summed E-state index contributed by atoms with van der Waals surface area (Å²) in [6.07, 6.45) is 6.07. The van der Waals surface area contributed by atoms with Crippen LogP contribution in [0.25, 0.3) is 0 Å². The molecule has 4 rings (SSSR count). The van der Waals surface area contributed by atoms with Crippen LogP contribution in [0, 0.1) is 18.3 Å². The molecule has 0 unspecified atom stereocenters. The van der Waals surface area contributed by atoms with Crippen molar-refractivity contribution in [3.05, 3.63) is 65.5 Å². The summed E-state index contributed by atoms with van der Waals surface area (Å²) in [5.74, 6) is 0. The molecule has 1 aromatic heterocycles. The molecule has 0 bridgehead atoms. The van der Waals surface area contributed by atoms with Crippen molar-refractivity contribution in [1.82, 2.24) is 15.2 Å². The lowest BCUT2D eigenvalue weighted by Crippen LogP contribution is -2.51. The van der Waals surface area contributed by atoms with Crippen molar-refractivity contribution in [2.75, 3.05) is 32.7 Å². The number of likely N-dealkylation sites (tertiary alicyclic amines) is 1. The Hall–Kier alpha value is -1.64. The standard InChI is InChI=1S/C24H30N4.2ClH/c1-20-7-8-22(27-17-20)24(9-13-26-14-10-24)19-28-15-11-23(18-25,12-16-28)21-5-3-2-4-6-21;;/h2-8,17,26H,9-16,19H2,1H3;2*1H. The van der Waals surface area contributed by atoms with Gasteiger partial charge < -0.3 is 10.2 Å². The zero-order valence-electron chi connectivity index (χ0n) is 17.6. The number of nitrogens with one attached hydrogen (secondary N) is 1. The Balaban J connectivity index is 0.00000160. The molecular formula is C24H32Cl2N4. The Labute approximate surface area is 192 Å². The third kappa shape index (κ3) is 4.98. The summed E-state index contributed by atoms with van der Waals surface area (Å²) < 4.78 is 0. The Morgan fingerprint density at radius 3 is 2.23 bits per heavy atom. The van der Waals surface area contributed by atoms with E-state index in [0.29, 0.717) is 0 Å². The van der Waals surface area contributed by atoms with Crippen LogP contribution in [0.1, 0.15) is 42.5 Å². The highest BCUT2D eigenvalue weighted by atomic mass is 35.5. The average molecular weight is 447 g/mol. The van der Waals surface area contributed by atoms with Gasteiger partial charge in [0.25, 0.3) is 0 Å². The number of nitrogens with zero attached hydrogens (tertiary/aromatic N) is 3. The molecule has 0 saturated carbocycles. The maximum Gasteiger partial charge on any atom is 0.0846 e. The maximum atomic E-state index is 9.97. The van der Waals surface area contributed by atoms with Gasteiger partial charge in [-0.05, 0) is 62.9 Å². The van der Waals surface area contributed by atoms with Crippen molar-refractivity contribution in [2.24, 2.45) is 0 Å². The summed E-state index contributed by atoms with van der Waals surface area (Å²) in [7, 11) is 0. The molecule has 2 aliphatic rings. The van der Waals surface area contributed by atoms with Gasteiger partial charge in [0.05, 0.1) is 11.5 Å². The summed E-state index contributed by atoms with van der Waals surface area (Å²) >= 11 is 0. The lowest BCUT2D eigenvalue weighted by atomic mass is 9.72. The lowest BCUT2D eigenvalue weighted by Gasteiger charge is -2.44. The first-order valence-electron chi connectivity index (χ1n) is 10.5. The molecule has 6 heteroatoms. The highest BCUT2D eigenvalue weighted by Crippen LogP contribution is 2.38. The highest BCUT2D eigenvalue weighted by Gasteiger charge is 2.41. The molecule has 0 spiro atoms. The van der Waals surface area contributed by atoms with Crippen LogP contribution < -0.4 is 5.32 Å². The van der Waals surface area contributed by atoms with E-state index < -0.39 is 0 Å². The predicted molar refractivity (Wildman–Crippen MR) is 127 cm³/mol. The summed E-state index contributed by atoms with van der Waals surface area (Å²) in [5.41, 5.74) is 3.42. The van der Waals surface area contributed by atoms with Gasteiger partial charge in [0, 0.05) is 36.9 Å². The van der Waals surface area contributed by atoms with Crippen LogP contribution in [0.3, 0.4) is 0 Å². The van der Waals surface area contributed by atoms with E-state index in [1.165, 1.54) is 16.8 Å². The predicted octanol–water partition coefficient (Wildman–Crippen LogP) is 4.41. The van der Waals surface area contributed by atoms with Gasteiger partial charge in [0.2, 0.25) is 0 Å². The van der Waals surface area contributed by atoms with Gasteiger partial charge in [-0.25, -0.2) is 0 Å². The first kappa shape index (κ1) is 24.6. The molecule has 2 aromatic rings. The number of nitriles is 1. The fraction of sp³-hybridized carbons (Fsp3) is 0.500. The van der Waals surface area contributed by atoms with Gasteiger partial charge in [0.15, 0.2) is 0 Å². The van der Waals surface area contributed by atoms with Gasteiger partial charge in [-0.1, -0.05) is 36.4 Å². The third-order valence-corrected chi connectivity index (χ3v) is 6.79. The van der Waals surface area contributed by atoms with Crippen molar-refractivity contribution in [1.29, 1.82) is 5.26 Å². The lowest BCUT2D eigenvalue weighted by molar-refractivity contribution is 0.128. The second-order valence-corrected chi connectivity index (χ2v) is 8.59. The third-order valence-electron chi connectivity index (χ3n) is 6.79. The minimum atomic E-state index is -0.332. The fourth-order valence-corrected chi connectivity index (χ4v) is 4.93. The van der Waals surface area contributed by atoms with Crippen molar-refractivity contribution in [2.45, 2.75) is 43.4 Å². The first-order valence-corrected chi connectivity index (χ1v) is 10.5. The average Bonchev–Trinajstić information content (AvgIpc) is 2.76. The minimum absolute atomic E-state index is 0. The van der Waals surface area contributed by atoms with E-state index in [1.807, 2.05) is 24.4 Å². The van der Waals surface area contributed by atoms with Gasteiger partial charge in [-0.3, -0.25) is 4.98 Å². The number of aromatic nitrogens is 1. The van der Waals surface area contributed by atoms with Crippen molar-refractivity contribution < 1.29 is 0 Å². The molecule has 3 heterocycles. The number of benzene rings is 1. The molecule has 2 saturated heterocycles. The van der Waals surface area contributed by atoms with Crippen LogP contribution in [0.4, 0.5) is 0 Å². The Morgan fingerprint density at radius 1 is 1.00 bits per heavy atom. The van der Waals surface area contributed by atoms with Gasteiger partial charge in [0.1, 0.15) is 0 Å². The largest absolute Gasteiger partial charge is 0.317 e. The monoisotopic (exact) mass is 446 g/mol. The van der Waals surface area contributed by atoms with Gasteiger partial charge in [-0.2, -0.15) is 5.26 Å². The molecule has 162 valence electrons. The molecule has 1 N–H and O–H groups in total. The van der Waals surface area contributed by atoms with Crippen molar-refractivity contribution in [3.63, 3.8) is 0 Å². The van der Waals surface area contributed by atoms with E-state index in [1.54, 1.807) is 0 Å². The summed E-state index contributed by atoms with van der Waals surface area (Å²) in [6, 6.07) is 17.4. The number of halogens is 2. The van der Waals surface area contributed by atoms with Crippen LogP contribution in [0.2, 0.25) is 0 Å². The van der Waals surface area contributed by atoms with Crippen molar-refractivity contribution in [3.8, 4) is 6.07 Å². The van der Waals surface area contributed by atoms with Crippen LogP contribution in [-0.4, -0.2) is 42.6 Å². The van der Waals surface area contributed by atoms with Gasteiger partial charge in [-0.15, -0.1) is 24.8 Å². The van der Waals surface area contributed by atoms with Crippen LogP contribution in [0.5, 0.6) is 0 Å². The number of hydrogen-bond acceptors (Lipinski definition) is 4. The zero-order valence-corrected chi connectivity index (χ0v) is 19.3. The molecule has 2 fully saturated rings. The van der Waals surface area contributed by atoms with E-state index in [9.17, 15) is 5.26 Å². The van der Waals surface area contributed by atoms with Gasteiger partial charge >= 0.3 is 0 Å². The smallest absolute Gasteiger partial charge is 0.0846 e. The second-order valence-electron chi connectivity index (χ2n) is 8.59. The van der Waals surface area contributed by atoms with E-state index in [0.717, 1.165) is 58.4 Å². The summed E-state index contributed by atoms with van der Waals surface area (Å²) in [4.78, 5) is 7.40. The summed E-state index contributed by atoms with van der Waals surface area (Å²) in [6.45, 7) is 7.20. The number of rotatable bonds is 4. The molecule has 2 aliphatic heterocycles. The quantitative estimate of drug-likeness (QED) is 0.755. The van der Waals surface area contributed by atoms with Crippen LogP contribution in [-0.2, 0) is 10.8 Å². The molecule has 30 heavy (non-hydrogen) atoms. The second kappa shape index (κ2) is 10.6. The fourth-order valence-electron chi connectivity index (χ4n) is 4.93. The van der Waals surface area contributed by atoms with E-state index in [4.69, 9.17) is 4.98 Å². The Bertz CT molecular complexity index is 819. The molecular weight excluding hydrogens is 415 g/mol. The summed E-state index contributed by atoms with van der Waals surface area (Å²) in [5, 5.41) is 13.5. The van der Waals surface area contributed by atoms with E-state index in [2.05, 4.69) is 47.5 Å². The maximum absolute atomic E-state index is 9.97. The first-order chi connectivity index (χ1) is 13.7. The SMILES string of the molecule is Cc1ccc(C2(CN3CCC(C#N)(c4ccccc4)CC3)CCNCC2)nc1.Cl.Cl. The zero-order chi connectivity index (χ0) is 19.5. The van der Waals surface area contributed by atoms with E-state index >= 15 is 0 Å². The molecule has 0 radical (unpaired) electrons. The molecule has 4 nitrogen and oxygen atoms in total. The number of pyridine rings is 1. The van der Waals surface area contributed by atoms with Crippen LogP contribution in [0.15, 0.2) is 48.7 Å². The minimum Gasteiger partial charge on any atom is -0.317 e. The number of hydrogen-bond donors (Lipinski definition) is 1. The molecule has 0 amide bonds. The molecule has 0 atom stereocenters. The van der Waals surface area contributed by atoms with Crippen LogP contribution >= 0.6 is 24.8 Å². The number of piperidine rings is 2. The Kier molecular flexibility index (Phi) is 8.70. The topological polar surface area (TPSA) is 52.0 Å². The number of aryl methyl sites for hydroxylation is 1. The molecule has 0 aliphatic carbocycles. The van der Waals surface area contributed by atoms with E-state index in [-0.39, 0.29) is 35.6 Å². The Morgan fingerprint density at radius 2 is 1.67 bits per heavy atom. The highest BCUT2D eigenvalue weighted by molar-refractivity contribution is 5.85. The van der Waals surface area contributed by atoms with Crippen molar-refractivity contribution >= 4 is 24.8 Å². The molecule has 1 aromatic carbocycles.